The molecule has 0 aliphatic heterocycles. The van der Waals surface area contributed by atoms with E-state index in [0.29, 0.717) is 0 Å². The Labute approximate surface area is 123 Å². The highest BCUT2D eigenvalue weighted by molar-refractivity contribution is 7.14. The fourth-order valence-electron chi connectivity index (χ4n) is 2.16. The molecule has 0 fully saturated rings. The molecule has 1 aromatic heterocycles. The monoisotopic (exact) mass is 295 g/mol. The Morgan fingerprint density at radius 3 is 2.63 bits per heavy atom. The molecule has 2 nitrogen and oxygen atoms in total. The molecular weight excluding hydrogens is 278 g/mol. The van der Waals surface area contributed by atoms with Crippen molar-refractivity contribution in [3.8, 4) is 5.75 Å². The van der Waals surface area contributed by atoms with Crippen LogP contribution in [0.15, 0.2) is 23.6 Å². The number of methoxy groups -OCH3 is 1. The van der Waals surface area contributed by atoms with Crippen LogP contribution < -0.4 is 10.1 Å². The quantitative estimate of drug-likeness (QED) is 0.837. The topological polar surface area (TPSA) is 21.3 Å². The summed E-state index contributed by atoms with van der Waals surface area (Å²) in [6, 6.07) is 6.39. The summed E-state index contributed by atoms with van der Waals surface area (Å²) in [5.41, 5.74) is 4.58. The third-order valence-electron chi connectivity index (χ3n) is 3.27. The number of hydrogen-bond acceptors (Lipinski definition) is 3. The van der Waals surface area contributed by atoms with Crippen LogP contribution in [0.3, 0.4) is 0 Å². The van der Waals surface area contributed by atoms with E-state index in [-0.39, 0.29) is 6.04 Å². The van der Waals surface area contributed by atoms with E-state index in [9.17, 15) is 0 Å². The molecule has 0 amide bonds. The standard InChI is InChI=1S/C15H18ClNOS/c1-9-5-6-13(10(2)15(9)18-4)17-11(3)12-7-14(16)19-8-12/h5-8,11,17H,1-4H3. The first kappa shape index (κ1) is 14.2. The SMILES string of the molecule is COc1c(C)ccc(NC(C)c2csc(Cl)c2)c1C. The molecule has 1 heterocycles. The summed E-state index contributed by atoms with van der Waals surface area (Å²) in [6.45, 7) is 6.25. The van der Waals surface area contributed by atoms with Crippen LogP contribution in [-0.2, 0) is 0 Å². The maximum Gasteiger partial charge on any atom is 0.126 e. The maximum absolute atomic E-state index is 5.98. The average molecular weight is 296 g/mol. The molecule has 102 valence electrons. The molecule has 1 unspecified atom stereocenters. The van der Waals surface area contributed by atoms with Crippen molar-refractivity contribution in [3.63, 3.8) is 0 Å². The van der Waals surface area contributed by atoms with Gasteiger partial charge in [0.05, 0.1) is 11.4 Å². The predicted octanol–water partition coefficient (Wildman–Crippen LogP) is 5.20. The Balaban J connectivity index is 2.24. The highest BCUT2D eigenvalue weighted by Gasteiger charge is 2.12. The lowest BCUT2D eigenvalue weighted by Crippen LogP contribution is -2.07. The molecular formula is C15H18ClNOS. The van der Waals surface area contributed by atoms with Gasteiger partial charge in [0.15, 0.2) is 0 Å². The zero-order chi connectivity index (χ0) is 14.0. The van der Waals surface area contributed by atoms with Gasteiger partial charge in [-0.1, -0.05) is 17.7 Å². The van der Waals surface area contributed by atoms with E-state index in [1.54, 1.807) is 18.4 Å². The number of ether oxygens (including phenoxy) is 1. The van der Waals surface area contributed by atoms with E-state index in [1.807, 2.05) is 6.07 Å². The van der Waals surface area contributed by atoms with Gasteiger partial charge < -0.3 is 10.1 Å². The first-order valence-electron chi connectivity index (χ1n) is 6.17. The van der Waals surface area contributed by atoms with E-state index in [1.165, 1.54) is 5.56 Å². The Morgan fingerprint density at radius 1 is 1.32 bits per heavy atom. The van der Waals surface area contributed by atoms with Crippen LogP contribution in [0.1, 0.15) is 29.7 Å². The fourth-order valence-corrected chi connectivity index (χ4v) is 3.15. The number of halogens is 1. The first-order valence-corrected chi connectivity index (χ1v) is 7.43. The third kappa shape index (κ3) is 3.04. The van der Waals surface area contributed by atoms with E-state index in [0.717, 1.165) is 26.9 Å². The lowest BCUT2D eigenvalue weighted by molar-refractivity contribution is 0.409. The van der Waals surface area contributed by atoms with Crippen molar-refractivity contribution in [1.29, 1.82) is 0 Å². The van der Waals surface area contributed by atoms with Crippen molar-refractivity contribution in [1.82, 2.24) is 0 Å². The minimum atomic E-state index is 0.217. The third-order valence-corrected chi connectivity index (χ3v) is 4.38. The summed E-state index contributed by atoms with van der Waals surface area (Å²) in [5.74, 6) is 0.945. The first-order chi connectivity index (χ1) is 9.02. The minimum absolute atomic E-state index is 0.217. The van der Waals surface area contributed by atoms with Crippen LogP contribution in [0.25, 0.3) is 0 Å². The molecule has 2 rings (SSSR count). The molecule has 0 saturated heterocycles. The van der Waals surface area contributed by atoms with Gasteiger partial charge in [-0.3, -0.25) is 0 Å². The Morgan fingerprint density at radius 2 is 2.05 bits per heavy atom. The Kier molecular flexibility index (Phi) is 4.38. The zero-order valence-corrected chi connectivity index (χ0v) is 13.2. The molecule has 0 bridgehead atoms. The summed E-state index contributed by atoms with van der Waals surface area (Å²) in [6.07, 6.45) is 0. The van der Waals surface area contributed by atoms with Gasteiger partial charge in [-0.25, -0.2) is 0 Å². The molecule has 0 saturated carbocycles. The smallest absolute Gasteiger partial charge is 0.126 e. The molecule has 0 aliphatic carbocycles. The second-order valence-electron chi connectivity index (χ2n) is 4.64. The largest absolute Gasteiger partial charge is 0.496 e. The van der Waals surface area contributed by atoms with E-state index >= 15 is 0 Å². The summed E-state index contributed by atoms with van der Waals surface area (Å²) in [5, 5.41) is 5.59. The van der Waals surface area contributed by atoms with Crippen LogP contribution in [0.5, 0.6) is 5.75 Å². The van der Waals surface area contributed by atoms with Gasteiger partial charge >= 0.3 is 0 Å². The van der Waals surface area contributed by atoms with Crippen molar-refractivity contribution in [2.75, 3.05) is 12.4 Å². The van der Waals surface area contributed by atoms with Gasteiger partial charge in [0, 0.05) is 17.3 Å². The number of hydrogen-bond donors (Lipinski definition) is 1. The van der Waals surface area contributed by atoms with Crippen LogP contribution in [0, 0.1) is 13.8 Å². The Bertz CT molecular complexity index is 580. The van der Waals surface area contributed by atoms with Crippen LogP contribution in [0.4, 0.5) is 5.69 Å². The normalized spacial score (nSPS) is 12.3. The highest BCUT2D eigenvalue weighted by Crippen LogP contribution is 2.32. The highest BCUT2D eigenvalue weighted by atomic mass is 35.5. The van der Waals surface area contributed by atoms with Crippen molar-refractivity contribution >= 4 is 28.6 Å². The molecule has 0 aliphatic rings. The molecule has 19 heavy (non-hydrogen) atoms. The van der Waals surface area contributed by atoms with Crippen molar-refractivity contribution in [2.45, 2.75) is 26.8 Å². The van der Waals surface area contributed by atoms with Crippen LogP contribution in [-0.4, -0.2) is 7.11 Å². The maximum atomic E-state index is 5.98. The molecule has 0 radical (unpaired) electrons. The number of thiophene rings is 1. The zero-order valence-electron chi connectivity index (χ0n) is 11.6. The number of aryl methyl sites for hydroxylation is 1. The van der Waals surface area contributed by atoms with Gasteiger partial charge in [-0.15, -0.1) is 11.3 Å². The molecule has 0 spiro atoms. The summed E-state index contributed by atoms with van der Waals surface area (Å²) in [4.78, 5) is 0. The van der Waals surface area contributed by atoms with Gasteiger partial charge in [-0.05, 0) is 49.4 Å². The van der Waals surface area contributed by atoms with Gasteiger partial charge in [0.25, 0.3) is 0 Å². The number of nitrogens with one attached hydrogen (secondary N) is 1. The Hall–Kier alpha value is -1.19. The molecule has 1 aromatic carbocycles. The second kappa shape index (κ2) is 5.85. The molecule has 4 heteroatoms. The number of benzene rings is 1. The van der Waals surface area contributed by atoms with Gasteiger partial charge in [0.2, 0.25) is 0 Å². The van der Waals surface area contributed by atoms with Crippen molar-refractivity contribution in [3.05, 3.63) is 44.6 Å². The predicted molar refractivity (Wildman–Crippen MR) is 83.8 cm³/mol. The molecule has 1 atom stereocenters. The fraction of sp³-hybridized carbons (Fsp3) is 0.333. The summed E-state index contributed by atoms with van der Waals surface area (Å²) >= 11 is 7.54. The minimum Gasteiger partial charge on any atom is -0.496 e. The lowest BCUT2D eigenvalue weighted by Gasteiger charge is -2.18. The van der Waals surface area contributed by atoms with Crippen LogP contribution in [0.2, 0.25) is 4.34 Å². The average Bonchev–Trinajstić information content (AvgIpc) is 2.80. The molecule has 2 aromatic rings. The van der Waals surface area contributed by atoms with Gasteiger partial charge in [0.1, 0.15) is 5.75 Å². The summed E-state index contributed by atoms with van der Waals surface area (Å²) < 4.78 is 6.27. The van der Waals surface area contributed by atoms with E-state index in [2.05, 4.69) is 43.6 Å². The van der Waals surface area contributed by atoms with E-state index in [4.69, 9.17) is 16.3 Å². The number of anilines is 1. The van der Waals surface area contributed by atoms with Gasteiger partial charge in [-0.2, -0.15) is 0 Å². The number of rotatable bonds is 4. The van der Waals surface area contributed by atoms with E-state index < -0.39 is 0 Å². The second-order valence-corrected chi connectivity index (χ2v) is 6.18. The van der Waals surface area contributed by atoms with Crippen molar-refractivity contribution in [2.24, 2.45) is 0 Å². The van der Waals surface area contributed by atoms with Crippen LogP contribution >= 0.6 is 22.9 Å². The molecule has 1 N–H and O–H groups in total. The lowest BCUT2D eigenvalue weighted by atomic mass is 10.1. The van der Waals surface area contributed by atoms with Crippen molar-refractivity contribution < 1.29 is 4.74 Å². The summed E-state index contributed by atoms with van der Waals surface area (Å²) in [7, 11) is 1.71.